The van der Waals surface area contributed by atoms with Crippen LogP contribution in [-0.4, -0.2) is 18.1 Å². The van der Waals surface area contributed by atoms with E-state index in [2.05, 4.69) is 30.2 Å². The lowest BCUT2D eigenvalue weighted by atomic mass is 10.0. The van der Waals surface area contributed by atoms with E-state index in [9.17, 15) is 0 Å². The van der Waals surface area contributed by atoms with Crippen molar-refractivity contribution in [1.82, 2.24) is 10.3 Å². The second-order valence-electron chi connectivity index (χ2n) is 5.25. The first-order chi connectivity index (χ1) is 10.3. The number of nitrogens with one attached hydrogen (secondary N) is 1. The Morgan fingerprint density at radius 3 is 2.71 bits per heavy atom. The first kappa shape index (κ1) is 15.5. The van der Waals surface area contributed by atoms with Gasteiger partial charge in [0.15, 0.2) is 0 Å². The van der Waals surface area contributed by atoms with Gasteiger partial charge in [0.1, 0.15) is 5.75 Å². The third kappa shape index (κ3) is 5.20. The van der Waals surface area contributed by atoms with Crippen LogP contribution in [-0.2, 0) is 0 Å². The number of aryl methyl sites for hydroxylation is 1. The molecule has 1 unspecified atom stereocenters. The molecule has 0 saturated heterocycles. The monoisotopic (exact) mass is 284 g/mol. The van der Waals surface area contributed by atoms with E-state index in [4.69, 9.17) is 4.74 Å². The number of para-hydroxylation sites is 1. The highest BCUT2D eigenvalue weighted by Crippen LogP contribution is 2.18. The standard InChI is InChI=1S/C18H24N2O/c1-3-10-20-18(16-12-15(2)13-19-14-16)9-11-21-17-7-5-4-6-8-17/h4-8,12-14,18,20H,3,9-11H2,1-2H3. The van der Waals surface area contributed by atoms with Gasteiger partial charge in [0.25, 0.3) is 0 Å². The number of benzene rings is 1. The molecular weight excluding hydrogens is 260 g/mol. The van der Waals surface area contributed by atoms with E-state index in [1.807, 2.05) is 42.7 Å². The van der Waals surface area contributed by atoms with Crippen LogP contribution in [0.5, 0.6) is 5.75 Å². The maximum absolute atomic E-state index is 5.81. The number of ether oxygens (including phenoxy) is 1. The third-order valence-corrected chi connectivity index (χ3v) is 3.36. The van der Waals surface area contributed by atoms with Crippen LogP contribution in [0, 0.1) is 6.92 Å². The zero-order chi connectivity index (χ0) is 14.9. The first-order valence-corrected chi connectivity index (χ1v) is 7.62. The summed E-state index contributed by atoms with van der Waals surface area (Å²) < 4.78 is 5.81. The fourth-order valence-corrected chi connectivity index (χ4v) is 2.29. The predicted octanol–water partition coefficient (Wildman–Crippen LogP) is 3.90. The molecule has 2 rings (SSSR count). The van der Waals surface area contributed by atoms with E-state index in [0.717, 1.165) is 25.1 Å². The van der Waals surface area contributed by atoms with Crippen LogP contribution in [0.4, 0.5) is 0 Å². The maximum atomic E-state index is 5.81. The fourth-order valence-electron chi connectivity index (χ4n) is 2.29. The third-order valence-electron chi connectivity index (χ3n) is 3.36. The Balaban J connectivity index is 1.93. The second-order valence-corrected chi connectivity index (χ2v) is 5.25. The van der Waals surface area contributed by atoms with Gasteiger partial charge in [-0.05, 0) is 43.1 Å². The Morgan fingerprint density at radius 1 is 1.19 bits per heavy atom. The van der Waals surface area contributed by atoms with Crippen molar-refractivity contribution in [1.29, 1.82) is 0 Å². The summed E-state index contributed by atoms with van der Waals surface area (Å²) in [6.45, 7) is 5.95. The molecule has 3 nitrogen and oxygen atoms in total. The molecule has 0 radical (unpaired) electrons. The van der Waals surface area contributed by atoms with Gasteiger partial charge >= 0.3 is 0 Å². The van der Waals surface area contributed by atoms with Gasteiger partial charge in [-0.3, -0.25) is 4.98 Å². The molecule has 0 aliphatic heterocycles. The quantitative estimate of drug-likeness (QED) is 0.798. The topological polar surface area (TPSA) is 34.1 Å². The molecule has 1 aromatic carbocycles. The lowest BCUT2D eigenvalue weighted by molar-refractivity contribution is 0.286. The minimum absolute atomic E-state index is 0.293. The summed E-state index contributed by atoms with van der Waals surface area (Å²) in [5.74, 6) is 0.925. The molecule has 3 heteroatoms. The van der Waals surface area contributed by atoms with Crippen molar-refractivity contribution in [2.75, 3.05) is 13.2 Å². The van der Waals surface area contributed by atoms with E-state index in [0.29, 0.717) is 12.6 Å². The number of aromatic nitrogens is 1. The Hall–Kier alpha value is -1.87. The van der Waals surface area contributed by atoms with Crippen molar-refractivity contribution in [3.05, 3.63) is 59.9 Å². The zero-order valence-electron chi connectivity index (χ0n) is 12.9. The van der Waals surface area contributed by atoms with E-state index in [-0.39, 0.29) is 0 Å². The normalized spacial score (nSPS) is 12.1. The first-order valence-electron chi connectivity index (χ1n) is 7.62. The minimum atomic E-state index is 0.293. The van der Waals surface area contributed by atoms with Gasteiger partial charge in [0, 0.05) is 24.9 Å². The Kier molecular flexibility index (Phi) is 6.22. The second kappa shape index (κ2) is 8.42. The van der Waals surface area contributed by atoms with E-state index in [1.54, 1.807) is 0 Å². The van der Waals surface area contributed by atoms with Gasteiger partial charge < -0.3 is 10.1 Å². The van der Waals surface area contributed by atoms with Gasteiger partial charge in [-0.1, -0.05) is 31.2 Å². The minimum Gasteiger partial charge on any atom is -0.494 e. The molecule has 1 heterocycles. The summed E-state index contributed by atoms with van der Waals surface area (Å²) >= 11 is 0. The number of nitrogens with zero attached hydrogens (tertiary/aromatic N) is 1. The van der Waals surface area contributed by atoms with Crippen molar-refractivity contribution in [3.63, 3.8) is 0 Å². The summed E-state index contributed by atoms with van der Waals surface area (Å²) in [5.41, 5.74) is 2.43. The average molecular weight is 284 g/mol. The molecule has 1 aromatic heterocycles. The predicted molar refractivity (Wildman–Crippen MR) is 86.6 cm³/mol. The van der Waals surface area contributed by atoms with Crippen molar-refractivity contribution in [3.8, 4) is 5.75 Å². The number of pyridine rings is 1. The van der Waals surface area contributed by atoms with E-state index >= 15 is 0 Å². The molecule has 0 aliphatic carbocycles. The average Bonchev–Trinajstić information content (AvgIpc) is 2.51. The fraction of sp³-hybridized carbons (Fsp3) is 0.389. The van der Waals surface area contributed by atoms with Gasteiger partial charge in [0.05, 0.1) is 6.61 Å². The van der Waals surface area contributed by atoms with Crippen molar-refractivity contribution in [2.45, 2.75) is 32.7 Å². The lowest BCUT2D eigenvalue weighted by Crippen LogP contribution is -2.24. The lowest BCUT2D eigenvalue weighted by Gasteiger charge is -2.19. The molecule has 0 saturated carbocycles. The van der Waals surface area contributed by atoms with Crippen molar-refractivity contribution >= 4 is 0 Å². The molecule has 112 valence electrons. The molecule has 1 atom stereocenters. The smallest absolute Gasteiger partial charge is 0.119 e. The number of hydrogen-bond acceptors (Lipinski definition) is 3. The highest BCUT2D eigenvalue weighted by atomic mass is 16.5. The zero-order valence-corrected chi connectivity index (χ0v) is 12.9. The molecular formula is C18H24N2O. The van der Waals surface area contributed by atoms with Crippen LogP contribution in [0.25, 0.3) is 0 Å². The van der Waals surface area contributed by atoms with Gasteiger partial charge in [-0.25, -0.2) is 0 Å². The van der Waals surface area contributed by atoms with Crippen LogP contribution in [0.3, 0.4) is 0 Å². The Morgan fingerprint density at radius 2 is 2.00 bits per heavy atom. The molecule has 0 spiro atoms. The van der Waals surface area contributed by atoms with Crippen LogP contribution in [0.15, 0.2) is 48.8 Å². The van der Waals surface area contributed by atoms with E-state index < -0.39 is 0 Å². The molecule has 21 heavy (non-hydrogen) atoms. The summed E-state index contributed by atoms with van der Waals surface area (Å²) in [4.78, 5) is 4.30. The number of rotatable bonds is 8. The highest BCUT2D eigenvalue weighted by Gasteiger charge is 2.11. The number of hydrogen-bond donors (Lipinski definition) is 1. The van der Waals surface area contributed by atoms with Gasteiger partial charge in [-0.15, -0.1) is 0 Å². The van der Waals surface area contributed by atoms with Crippen LogP contribution in [0.1, 0.15) is 36.9 Å². The molecule has 0 amide bonds. The summed E-state index contributed by atoms with van der Waals surface area (Å²) in [6.07, 6.45) is 5.89. The van der Waals surface area contributed by atoms with Crippen LogP contribution < -0.4 is 10.1 Å². The van der Waals surface area contributed by atoms with Gasteiger partial charge in [-0.2, -0.15) is 0 Å². The SMILES string of the molecule is CCCNC(CCOc1ccccc1)c1cncc(C)c1. The molecule has 0 fully saturated rings. The van der Waals surface area contributed by atoms with Crippen molar-refractivity contribution in [2.24, 2.45) is 0 Å². The van der Waals surface area contributed by atoms with Crippen molar-refractivity contribution < 1.29 is 4.74 Å². The summed E-state index contributed by atoms with van der Waals surface area (Å²) in [6, 6.07) is 12.4. The largest absolute Gasteiger partial charge is 0.494 e. The molecule has 2 aromatic rings. The summed E-state index contributed by atoms with van der Waals surface area (Å²) in [5, 5.41) is 3.58. The molecule has 0 aliphatic rings. The highest BCUT2D eigenvalue weighted by molar-refractivity contribution is 5.22. The molecule has 0 bridgehead atoms. The van der Waals surface area contributed by atoms with Crippen LogP contribution in [0.2, 0.25) is 0 Å². The van der Waals surface area contributed by atoms with Crippen LogP contribution >= 0.6 is 0 Å². The Bertz CT molecular complexity index is 528. The Labute approximate surface area is 127 Å². The van der Waals surface area contributed by atoms with E-state index in [1.165, 1.54) is 11.1 Å². The summed E-state index contributed by atoms with van der Waals surface area (Å²) in [7, 11) is 0. The maximum Gasteiger partial charge on any atom is 0.119 e. The molecule has 1 N–H and O–H groups in total. The van der Waals surface area contributed by atoms with Gasteiger partial charge in [0.2, 0.25) is 0 Å².